The summed E-state index contributed by atoms with van der Waals surface area (Å²) in [5, 5.41) is 7.05. The van der Waals surface area contributed by atoms with E-state index in [-0.39, 0.29) is 24.4 Å². The maximum absolute atomic E-state index is 11.8. The minimum Gasteiger partial charge on any atom is -0.356 e. The van der Waals surface area contributed by atoms with E-state index in [1.54, 1.807) is 4.68 Å². The summed E-state index contributed by atoms with van der Waals surface area (Å²) in [4.78, 5) is 11.8. The molecule has 108 valence electrons. The number of nitrogens with zero attached hydrogens (tertiary/aromatic N) is 2. The van der Waals surface area contributed by atoms with Gasteiger partial charge >= 0.3 is 0 Å². The largest absolute Gasteiger partial charge is 0.356 e. The molecule has 3 N–H and O–H groups in total. The van der Waals surface area contributed by atoms with Crippen LogP contribution in [0.4, 0.5) is 0 Å². The highest BCUT2D eigenvalue weighted by Gasteiger charge is 2.25. The number of amides is 1. The average Bonchev–Trinajstić information content (AvgIpc) is 2.89. The number of aromatic nitrogens is 2. The Bertz CT molecular complexity index is 407. The Kier molecular flexibility index (Phi) is 6.31. The van der Waals surface area contributed by atoms with Crippen molar-refractivity contribution in [2.45, 2.75) is 38.1 Å². The van der Waals surface area contributed by atoms with Gasteiger partial charge in [-0.1, -0.05) is 6.42 Å². The van der Waals surface area contributed by atoms with Crippen molar-refractivity contribution in [3.63, 3.8) is 0 Å². The van der Waals surface area contributed by atoms with Gasteiger partial charge in [0.25, 0.3) is 0 Å². The van der Waals surface area contributed by atoms with Gasteiger partial charge in [0.1, 0.15) is 0 Å². The normalized spacial score (nSPS) is 22.0. The van der Waals surface area contributed by atoms with E-state index in [0.29, 0.717) is 18.9 Å². The molecule has 1 aliphatic rings. The molecule has 0 aromatic carbocycles. The number of carbonyl (C=O) groups is 1. The van der Waals surface area contributed by atoms with Gasteiger partial charge in [-0.3, -0.25) is 9.48 Å². The predicted molar refractivity (Wildman–Crippen MR) is 77.1 cm³/mol. The quantitative estimate of drug-likeness (QED) is 0.849. The van der Waals surface area contributed by atoms with Crippen LogP contribution in [0.15, 0.2) is 12.4 Å². The lowest BCUT2D eigenvalue weighted by molar-refractivity contribution is -0.122. The Balaban J connectivity index is 0.00000180. The number of halogens is 1. The zero-order chi connectivity index (χ0) is 13.0. The van der Waals surface area contributed by atoms with Crippen LogP contribution in [0.3, 0.4) is 0 Å². The van der Waals surface area contributed by atoms with Crippen molar-refractivity contribution in [3.05, 3.63) is 18.0 Å². The summed E-state index contributed by atoms with van der Waals surface area (Å²) in [6.07, 6.45) is 8.53. The number of hydrogen-bond donors (Lipinski definition) is 2. The summed E-state index contributed by atoms with van der Waals surface area (Å²) >= 11 is 0. The standard InChI is InChI=1S/C13H22N4O.ClH/c1-17-9-10(8-16-17)5-6-15-13(18)7-11-3-2-4-12(11)14;/h8-9,11-12H,2-7,14H2,1H3,(H,15,18);1H/t11-,12+;/m0./s1. The number of hydrogen-bond acceptors (Lipinski definition) is 3. The Labute approximate surface area is 120 Å². The van der Waals surface area contributed by atoms with E-state index < -0.39 is 0 Å². The van der Waals surface area contributed by atoms with E-state index in [1.165, 1.54) is 0 Å². The van der Waals surface area contributed by atoms with Crippen LogP contribution in [0.2, 0.25) is 0 Å². The fourth-order valence-corrected chi connectivity index (χ4v) is 2.58. The Morgan fingerprint density at radius 3 is 2.95 bits per heavy atom. The first-order valence-electron chi connectivity index (χ1n) is 6.65. The maximum atomic E-state index is 11.8. The summed E-state index contributed by atoms with van der Waals surface area (Å²) in [6.45, 7) is 0.673. The van der Waals surface area contributed by atoms with Gasteiger partial charge in [0, 0.05) is 32.3 Å². The van der Waals surface area contributed by atoms with Crippen LogP contribution < -0.4 is 11.1 Å². The molecule has 0 bridgehead atoms. The zero-order valence-corrected chi connectivity index (χ0v) is 12.2. The van der Waals surface area contributed by atoms with Gasteiger partial charge in [-0.15, -0.1) is 12.4 Å². The van der Waals surface area contributed by atoms with Crippen molar-refractivity contribution >= 4 is 18.3 Å². The van der Waals surface area contributed by atoms with Crippen molar-refractivity contribution < 1.29 is 4.79 Å². The van der Waals surface area contributed by atoms with Crippen LogP contribution in [0.25, 0.3) is 0 Å². The second kappa shape index (κ2) is 7.50. The summed E-state index contributed by atoms with van der Waals surface area (Å²) in [7, 11) is 1.89. The molecule has 0 spiro atoms. The van der Waals surface area contributed by atoms with Gasteiger partial charge in [-0.05, 0) is 30.7 Å². The number of aryl methyl sites for hydroxylation is 1. The van der Waals surface area contributed by atoms with Crippen LogP contribution >= 0.6 is 12.4 Å². The number of nitrogens with one attached hydrogen (secondary N) is 1. The van der Waals surface area contributed by atoms with Crippen LogP contribution in [-0.2, 0) is 18.3 Å². The Morgan fingerprint density at radius 1 is 1.58 bits per heavy atom. The van der Waals surface area contributed by atoms with E-state index in [0.717, 1.165) is 31.2 Å². The molecule has 0 saturated heterocycles. The zero-order valence-electron chi connectivity index (χ0n) is 11.3. The summed E-state index contributed by atoms with van der Waals surface area (Å²) < 4.78 is 1.77. The van der Waals surface area contributed by atoms with Gasteiger partial charge in [0.05, 0.1) is 6.20 Å². The minimum atomic E-state index is 0. The van der Waals surface area contributed by atoms with E-state index in [1.807, 2.05) is 19.4 Å². The monoisotopic (exact) mass is 286 g/mol. The molecule has 1 fully saturated rings. The van der Waals surface area contributed by atoms with Crippen LogP contribution in [0, 0.1) is 5.92 Å². The van der Waals surface area contributed by atoms with Crippen molar-refractivity contribution in [1.82, 2.24) is 15.1 Å². The number of nitrogens with two attached hydrogens (primary N) is 1. The minimum absolute atomic E-state index is 0. The smallest absolute Gasteiger partial charge is 0.220 e. The summed E-state index contributed by atoms with van der Waals surface area (Å²) in [5.74, 6) is 0.504. The van der Waals surface area contributed by atoms with E-state index in [2.05, 4.69) is 10.4 Å². The highest BCUT2D eigenvalue weighted by Crippen LogP contribution is 2.26. The first-order valence-corrected chi connectivity index (χ1v) is 6.65. The highest BCUT2D eigenvalue weighted by molar-refractivity contribution is 5.85. The maximum Gasteiger partial charge on any atom is 0.220 e. The molecule has 1 aliphatic carbocycles. The molecule has 2 atom stereocenters. The fourth-order valence-electron chi connectivity index (χ4n) is 2.58. The fraction of sp³-hybridized carbons (Fsp3) is 0.692. The number of carbonyl (C=O) groups excluding carboxylic acids is 1. The van der Waals surface area contributed by atoms with Gasteiger partial charge in [-0.25, -0.2) is 0 Å². The molecule has 2 rings (SSSR count). The topological polar surface area (TPSA) is 72.9 Å². The van der Waals surface area contributed by atoms with Crippen molar-refractivity contribution in [3.8, 4) is 0 Å². The molecule has 19 heavy (non-hydrogen) atoms. The lowest BCUT2D eigenvalue weighted by Gasteiger charge is -2.14. The molecule has 0 radical (unpaired) electrons. The van der Waals surface area contributed by atoms with E-state index in [9.17, 15) is 4.79 Å². The van der Waals surface area contributed by atoms with Crippen LogP contribution in [0.5, 0.6) is 0 Å². The highest BCUT2D eigenvalue weighted by atomic mass is 35.5. The van der Waals surface area contributed by atoms with Gasteiger partial charge in [0.15, 0.2) is 0 Å². The molecule has 1 aromatic heterocycles. The molecule has 1 saturated carbocycles. The van der Waals surface area contributed by atoms with E-state index in [4.69, 9.17) is 5.73 Å². The van der Waals surface area contributed by atoms with Crippen molar-refractivity contribution in [2.75, 3.05) is 6.54 Å². The first-order chi connectivity index (χ1) is 8.65. The molecule has 1 heterocycles. The van der Waals surface area contributed by atoms with Gasteiger partial charge in [0.2, 0.25) is 5.91 Å². The Hall–Kier alpha value is -1.07. The lowest BCUT2D eigenvalue weighted by Crippen LogP contribution is -2.32. The molecule has 6 heteroatoms. The molecule has 1 amide bonds. The molecule has 5 nitrogen and oxygen atoms in total. The van der Waals surface area contributed by atoms with E-state index >= 15 is 0 Å². The predicted octanol–water partition coefficient (Wildman–Crippen LogP) is 1.02. The Morgan fingerprint density at radius 2 is 2.37 bits per heavy atom. The summed E-state index contributed by atoms with van der Waals surface area (Å²) in [5.41, 5.74) is 7.11. The lowest BCUT2D eigenvalue weighted by atomic mass is 10.00. The van der Waals surface area contributed by atoms with Crippen molar-refractivity contribution in [2.24, 2.45) is 18.7 Å². The first kappa shape index (κ1) is 16.0. The molecule has 0 unspecified atom stereocenters. The van der Waals surface area contributed by atoms with Crippen molar-refractivity contribution in [1.29, 1.82) is 0 Å². The second-order valence-electron chi connectivity index (χ2n) is 5.18. The van der Waals surface area contributed by atoms with Crippen LogP contribution in [0.1, 0.15) is 31.2 Å². The summed E-state index contributed by atoms with van der Waals surface area (Å²) in [6, 6.07) is 0.217. The molecule has 0 aliphatic heterocycles. The molecule has 1 aromatic rings. The SMILES string of the molecule is Cl.Cn1cc(CCNC(=O)C[C@@H]2CCC[C@H]2N)cn1. The molecular weight excluding hydrogens is 264 g/mol. The van der Waals surface area contributed by atoms with Gasteiger partial charge in [-0.2, -0.15) is 5.10 Å². The third kappa shape index (κ3) is 4.84. The molecular formula is C13H23ClN4O. The number of rotatable bonds is 5. The van der Waals surface area contributed by atoms with Gasteiger partial charge < -0.3 is 11.1 Å². The van der Waals surface area contributed by atoms with Crippen LogP contribution in [-0.4, -0.2) is 28.3 Å². The average molecular weight is 287 g/mol. The second-order valence-corrected chi connectivity index (χ2v) is 5.18. The third-order valence-corrected chi connectivity index (χ3v) is 3.66. The third-order valence-electron chi connectivity index (χ3n) is 3.66.